The lowest BCUT2D eigenvalue weighted by Gasteiger charge is -2.17. The average molecular weight is 366 g/mol. The van der Waals surface area contributed by atoms with Gasteiger partial charge in [-0.2, -0.15) is 4.68 Å². The number of rotatable bonds is 1. The van der Waals surface area contributed by atoms with Gasteiger partial charge in [-0.05, 0) is 31.2 Å². The van der Waals surface area contributed by atoms with Crippen molar-refractivity contribution in [3.8, 4) is 11.3 Å². The normalized spacial score (nSPS) is 11.0. The summed E-state index contributed by atoms with van der Waals surface area (Å²) in [5, 5.41) is 0. The van der Waals surface area contributed by atoms with Crippen LogP contribution in [0, 0.1) is 17.2 Å². The highest BCUT2D eigenvalue weighted by Gasteiger charge is 2.15. The van der Waals surface area contributed by atoms with E-state index < -0.39 is 10.2 Å². The van der Waals surface area contributed by atoms with Crippen LogP contribution < -0.4 is 23.3 Å². The summed E-state index contributed by atoms with van der Waals surface area (Å²) in [6, 6.07) is 10.6. The molecule has 0 radical (unpaired) electrons. The zero-order valence-corrected chi connectivity index (χ0v) is 13.5. The largest absolute Gasteiger partial charge is 0.238 e. The first-order valence-electron chi connectivity index (χ1n) is 5.50. The van der Waals surface area contributed by atoms with Gasteiger partial charge in [0, 0.05) is 16.1 Å². The van der Waals surface area contributed by atoms with Crippen molar-refractivity contribution in [3.05, 3.63) is 40.5 Å². The summed E-state index contributed by atoms with van der Waals surface area (Å²) in [6.07, 6.45) is 0. The molecule has 6 nitrogen and oxygen atoms in total. The minimum Gasteiger partial charge on any atom is -0.222 e. The van der Waals surface area contributed by atoms with E-state index >= 15 is 0 Å². The Labute approximate surface area is 127 Å². The van der Waals surface area contributed by atoms with E-state index in [1.165, 1.54) is 17.0 Å². The molecule has 0 aliphatic carbocycles. The molecular weight excluding hydrogens is 351 g/mol. The van der Waals surface area contributed by atoms with E-state index in [0.29, 0.717) is 0 Å². The molecule has 0 unspecified atom stereocenters. The van der Waals surface area contributed by atoms with Crippen molar-refractivity contribution in [2.45, 2.75) is 6.92 Å². The van der Waals surface area contributed by atoms with E-state index in [1.807, 2.05) is 0 Å². The number of benzene rings is 1. The minimum atomic E-state index is -4.94. The summed E-state index contributed by atoms with van der Waals surface area (Å²) in [5.74, 6) is 0. The molecule has 20 heavy (non-hydrogen) atoms. The van der Waals surface area contributed by atoms with Gasteiger partial charge in [-0.25, -0.2) is 18.6 Å². The summed E-state index contributed by atoms with van der Waals surface area (Å²) in [7, 11) is -0.804. The fourth-order valence-corrected chi connectivity index (χ4v) is 1.94. The quantitative estimate of drug-likeness (QED) is 0.537. The third-order valence-electron chi connectivity index (χ3n) is 2.79. The lowest BCUT2D eigenvalue weighted by molar-refractivity contribution is -2.00. The van der Waals surface area contributed by atoms with E-state index in [-0.39, 0.29) is 0 Å². The molecule has 0 saturated carbocycles. The summed E-state index contributed by atoms with van der Waals surface area (Å²) >= 11 is 3.44. The van der Waals surface area contributed by atoms with E-state index in [1.54, 1.807) is 0 Å². The highest BCUT2D eigenvalue weighted by Crippen LogP contribution is 2.19. The van der Waals surface area contributed by atoms with Crippen LogP contribution in [-0.4, -0.2) is 4.68 Å². The van der Waals surface area contributed by atoms with E-state index in [9.17, 15) is 0 Å². The van der Waals surface area contributed by atoms with E-state index in [4.69, 9.17) is 18.6 Å². The Morgan fingerprint density at radius 2 is 1.55 bits per heavy atom. The Morgan fingerprint density at radius 3 is 1.90 bits per heavy atom. The molecule has 0 saturated heterocycles. The molecule has 1 heterocycles. The van der Waals surface area contributed by atoms with Gasteiger partial charge in [-0.1, -0.05) is 15.9 Å². The molecule has 0 bridgehead atoms. The Kier molecular flexibility index (Phi) is 5.69. The van der Waals surface area contributed by atoms with Crippen LogP contribution in [0.2, 0.25) is 0 Å². The van der Waals surface area contributed by atoms with Crippen LogP contribution in [0.3, 0.4) is 0 Å². The van der Waals surface area contributed by atoms with Gasteiger partial charge >= 0.3 is 0 Å². The fraction of sp³-hybridized carbons (Fsp3) is 0.250. The van der Waals surface area contributed by atoms with Crippen molar-refractivity contribution in [2.24, 2.45) is 14.1 Å². The predicted octanol–water partition coefficient (Wildman–Crippen LogP) is -2.17. The number of halogens is 2. The second-order valence-electron chi connectivity index (χ2n) is 4.10. The van der Waals surface area contributed by atoms with Gasteiger partial charge in [0.25, 0.3) is 0 Å². The lowest BCUT2D eigenvalue weighted by Crippen LogP contribution is -2.68. The van der Waals surface area contributed by atoms with Gasteiger partial charge in [0.1, 0.15) is 0 Å². The van der Waals surface area contributed by atoms with Gasteiger partial charge in [0.15, 0.2) is 7.05 Å². The second kappa shape index (κ2) is 6.66. The highest BCUT2D eigenvalue weighted by atomic mass is 79.9. The SMILES string of the molecule is Cc1cc(-c2ccc(Br)cc2)[n+](C)n1C.[O-][Cl+3]([O-])([O-])[O-]. The Hall–Kier alpha value is -0.960. The Bertz CT molecular complexity index is 572. The van der Waals surface area contributed by atoms with Crippen molar-refractivity contribution < 1.29 is 33.6 Å². The molecule has 0 spiro atoms. The van der Waals surface area contributed by atoms with Gasteiger partial charge in [0.2, 0.25) is 5.69 Å². The summed E-state index contributed by atoms with van der Waals surface area (Å²) < 4.78 is 39.4. The molecule has 0 aliphatic heterocycles. The Morgan fingerprint density at radius 1 is 1.10 bits per heavy atom. The number of hydrogen-bond donors (Lipinski definition) is 0. The summed E-state index contributed by atoms with van der Waals surface area (Å²) in [4.78, 5) is 0. The van der Waals surface area contributed by atoms with Crippen LogP contribution in [0.1, 0.15) is 5.69 Å². The first-order valence-corrected chi connectivity index (χ1v) is 7.52. The molecule has 110 valence electrons. The number of aromatic nitrogens is 2. The van der Waals surface area contributed by atoms with Crippen molar-refractivity contribution in [1.29, 1.82) is 0 Å². The van der Waals surface area contributed by atoms with Crippen molar-refractivity contribution in [3.63, 3.8) is 0 Å². The highest BCUT2D eigenvalue weighted by molar-refractivity contribution is 9.10. The predicted molar refractivity (Wildman–Crippen MR) is 64.5 cm³/mol. The second-order valence-corrected chi connectivity index (χ2v) is 5.77. The van der Waals surface area contributed by atoms with Crippen LogP contribution in [0.5, 0.6) is 0 Å². The van der Waals surface area contributed by atoms with Gasteiger partial charge < -0.3 is 0 Å². The van der Waals surface area contributed by atoms with Crippen LogP contribution in [0.25, 0.3) is 11.3 Å². The fourth-order valence-electron chi connectivity index (χ4n) is 1.67. The molecule has 0 fully saturated rings. The third-order valence-corrected chi connectivity index (χ3v) is 3.32. The molecule has 0 N–H and O–H groups in total. The summed E-state index contributed by atoms with van der Waals surface area (Å²) in [5.41, 5.74) is 3.74. The molecule has 1 aromatic carbocycles. The van der Waals surface area contributed by atoms with Crippen molar-refractivity contribution in [2.75, 3.05) is 0 Å². The maximum Gasteiger partial charge on any atom is 0.238 e. The van der Waals surface area contributed by atoms with Gasteiger partial charge in [-0.3, -0.25) is 0 Å². The van der Waals surface area contributed by atoms with Gasteiger partial charge in [-0.15, -0.1) is 14.9 Å². The van der Waals surface area contributed by atoms with Crippen LogP contribution in [-0.2, 0) is 14.1 Å². The number of hydrogen-bond acceptors (Lipinski definition) is 4. The number of aryl methyl sites for hydroxylation is 1. The van der Waals surface area contributed by atoms with Crippen LogP contribution in [0.4, 0.5) is 0 Å². The van der Waals surface area contributed by atoms with Crippen LogP contribution in [0.15, 0.2) is 34.8 Å². The molecule has 2 rings (SSSR count). The van der Waals surface area contributed by atoms with Crippen LogP contribution >= 0.6 is 15.9 Å². The molecule has 0 aliphatic rings. The van der Waals surface area contributed by atoms with Gasteiger partial charge in [0.05, 0.1) is 12.7 Å². The lowest BCUT2D eigenvalue weighted by atomic mass is 10.1. The molecule has 1 aromatic heterocycles. The minimum absolute atomic E-state index is 1.11. The molecular formula is C12H14BrClN2O4. The molecule has 2 aromatic rings. The first kappa shape index (κ1) is 17.1. The third kappa shape index (κ3) is 5.20. The number of nitrogens with zero attached hydrogens (tertiary/aromatic N) is 2. The zero-order chi connectivity index (χ0) is 15.5. The zero-order valence-electron chi connectivity index (χ0n) is 11.2. The standard InChI is InChI=1S/C12H14BrN2.ClHO4/c1-9-8-12(15(3)14(9)2)10-4-6-11(13)7-5-10;2-1(3,4)5/h4-8H,1-3H3;(H,2,3,4,5)/q+1;/p-1. The topological polar surface area (TPSA) is 101 Å². The molecule has 0 amide bonds. The first-order chi connectivity index (χ1) is 9.09. The van der Waals surface area contributed by atoms with E-state index in [0.717, 1.165) is 4.47 Å². The monoisotopic (exact) mass is 364 g/mol. The average Bonchev–Trinajstić information content (AvgIpc) is 2.56. The maximum atomic E-state index is 8.49. The van der Waals surface area contributed by atoms with Crippen molar-refractivity contribution >= 4 is 15.9 Å². The summed E-state index contributed by atoms with van der Waals surface area (Å²) in [6.45, 7) is 2.11. The smallest absolute Gasteiger partial charge is 0.222 e. The molecule has 8 heteroatoms. The van der Waals surface area contributed by atoms with E-state index in [2.05, 4.69) is 76.6 Å². The maximum absolute atomic E-state index is 8.49. The Balaban J connectivity index is 0.000000347. The van der Waals surface area contributed by atoms with Crippen molar-refractivity contribution in [1.82, 2.24) is 4.68 Å². The molecule has 0 atom stereocenters.